The fourth-order valence-corrected chi connectivity index (χ4v) is 1.93. The average Bonchev–Trinajstić information content (AvgIpc) is 2.38. The summed E-state index contributed by atoms with van der Waals surface area (Å²) in [6.45, 7) is 3.98. The molecule has 4 nitrogen and oxygen atoms in total. The van der Waals surface area contributed by atoms with Crippen molar-refractivity contribution < 1.29 is 0 Å². The van der Waals surface area contributed by atoms with Crippen LogP contribution in [0.25, 0.3) is 0 Å². The van der Waals surface area contributed by atoms with Crippen molar-refractivity contribution in [2.24, 2.45) is 0 Å². The number of rotatable bonds is 4. The standard InChI is InChI=1S/C14H16N2O2/c1-9(2)16(3)12-11(13(17)14(12)18)7-10-5-4-6-15-8-10/h4-6,8-9H,7H2,1-3H3. The summed E-state index contributed by atoms with van der Waals surface area (Å²) in [5.74, 6) is 0. The molecule has 2 rings (SSSR count). The summed E-state index contributed by atoms with van der Waals surface area (Å²) in [6, 6.07) is 3.93. The zero-order valence-corrected chi connectivity index (χ0v) is 10.8. The van der Waals surface area contributed by atoms with E-state index in [1.807, 2.05) is 37.9 Å². The van der Waals surface area contributed by atoms with Crippen LogP contribution in [0.4, 0.5) is 5.69 Å². The van der Waals surface area contributed by atoms with Crippen molar-refractivity contribution in [1.29, 1.82) is 0 Å². The molecule has 0 saturated heterocycles. The molecule has 1 aromatic carbocycles. The van der Waals surface area contributed by atoms with E-state index in [9.17, 15) is 9.59 Å². The molecule has 0 bridgehead atoms. The van der Waals surface area contributed by atoms with Gasteiger partial charge in [-0.3, -0.25) is 14.6 Å². The minimum Gasteiger partial charge on any atom is -0.369 e. The monoisotopic (exact) mass is 244 g/mol. The Morgan fingerprint density at radius 2 is 2.00 bits per heavy atom. The zero-order chi connectivity index (χ0) is 13.3. The maximum absolute atomic E-state index is 11.6. The minimum absolute atomic E-state index is 0.195. The molecule has 0 aliphatic rings. The molecule has 0 unspecified atom stereocenters. The maximum atomic E-state index is 11.6. The lowest BCUT2D eigenvalue weighted by Crippen LogP contribution is -2.44. The van der Waals surface area contributed by atoms with E-state index < -0.39 is 0 Å². The second-order valence-corrected chi connectivity index (χ2v) is 4.73. The van der Waals surface area contributed by atoms with Crippen molar-refractivity contribution in [2.45, 2.75) is 26.3 Å². The smallest absolute Gasteiger partial charge is 0.249 e. The summed E-state index contributed by atoms with van der Waals surface area (Å²) < 4.78 is 0. The number of hydrogen-bond donors (Lipinski definition) is 0. The van der Waals surface area contributed by atoms with Crippen LogP contribution in [0.1, 0.15) is 25.0 Å². The Labute approximate surface area is 106 Å². The number of nitrogens with zero attached hydrogens (tertiary/aromatic N) is 2. The fraction of sp³-hybridized carbons (Fsp3) is 0.357. The Hall–Kier alpha value is -1.97. The lowest BCUT2D eigenvalue weighted by Gasteiger charge is -2.26. The van der Waals surface area contributed by atoms with Crippen molar-refractivity contribution in [3.05, 3.63) is 56.1 Å². The molecule has 0 saturated carbocycles. The van der Waals surface area contributed by atoms with Gasteiger partial charge in [-0.05, 0) is 25.5 Å². The summed E-state index contributed by atoms with van der Waals surface area (Å²) in [5.41, 5.74) is 1.37. The quantitative estimate of drug-likeness (QED) is 0.756. The van der Waals surface area contributed by atoms with Gasteiger partial charge in [-0.1, -0.05) is 6.07 Å². The molecule has 18 heavy (non-hydrogen) atoms. The fourth-order valence-electron chi connectivity index (χ4n) is 1.93. The van der Waals surface area contributed by atoms with E-state index in [1.54, 1.807) is 12.4 Å². The van der Waals surface area contributed by atoms with Gasteiger partial charge in [-0.25, -0.2) is 0 Å². The molecule has 0 radical (unpaired) electrons. The molecule has 1 heterocycles. The molecule has 0 fully saturated rings. The van der Waals surface area contributed by atoms with Gasteiger partial charge in [0.25, 0.3) is 0 Å². The van der Waals surface area contributed by atoms with Crippen LogP contribution < -0.4 is 15.8 Å². The third-order valence-corrected chi connectivity index (χ3v) is 3.21. The van der Waals surface area contributed by atoms with Gasteiger partial charge in [0.05, 0.1) is 5.69 Å². The number of aromatic nitrogens is 1. The van der Waals surface area contributed by atoms with E-state index in [1.165, 1.54) is 0 Å². The van der Waals surface area contributed by atoms with Crippen LogP contribution in [-0.2, 0) is 6.42 Å². The van der Waals surface area contributed by atoms with Crippen LogP contribution >= 0.6 is 0 Å². The molecule has 94 valence electrons. The maximum Gasteiger partial charge on any atom is 0.249 e. The van der Waals surface area contributed by atoms with Crippen LogP contribution in [0, 0.1) is 0 Å². The Bertz CT molecular complexity index is 610. The highest BCUT2D eigenvalue weighted by molar-refractivity contribution is 5.59. The molecular weight excluding hydrogens is 228 g/mol. The number of hydrogen-bond acceptors (Lipinski definition) is 4. The first-order valence-electron chi connectivity index (χ1n) is 5.96. The molecule has 0 amide bonds. The molecule has 0 aliphatic carbocycles. The molecule has 2 aromatic rings. The van der Waals surface area contributed by atoms with Crippen molar-refractivity contribution >= 4 is 5.69 Å². The first kappa shape index (κ1) is 12.5. The predicted octanol–water partition coefficient (Wildman–Crippen LogP) is 1.11. The Morgan fingerprint density at radius 3 is 2.56 bits per heavy atom. The average molecular weight is 244 g/mol. The molecule has 1 aromatic heterocycles. The normalized spacial score (nSPS) is 11.1. The van der Waals surface area contributed by atoms with Gasteiger partial charge in [-0.2, -0.15) is 0 Å². The van der Waals surface area contributed by atoms with Crippen molar-refractivity contribution in [3.8, 4) is 0 Å². The summed E-state index contributed by atoms with van der Waals surface area (Å²) in [6.07, 6.45) is 3.88. The summed E-state index contributed by atoms with van der Waals surface area (Å²) in [5, 5.41) is 0. The van der Waals surface area contributed by atoms with E-state index in [0.29, 0.717) is 17.7 Å². The van der Waals surface area contributed by atoms with Gasteiger partial charge < -0.3 is 4.90 Å². The van der Waals surface area contributed by atoms with Gasteiger partial charge in [0.2, 0.25) is 10.9 Å². The molecule has 0 spiro atoms. The number of anilines is 1. The summed E-state index contributed by atoms with van der Waals surface area (Å²) in [7, 11) is 1.84. The molecule has 0 aliphatic heterocycles. The van der Waals surface area contributed by atoms with Crippen LogP contribution in [0.2, 0.25) is 0 Å². The van der Waals surface area contributed by atoms with E-state index >= 15 is 0 Å². The Kier molecular flexibility index (Phi) is 3.28. The van der Waals surface area contributed by atoms with Gasteiger partial charge in [0.15, 0.2) is 0 Å². The van der Waals surface area contributed by atoms with Crippen LogP contribution in [0.3, 0.4) is 0 Å². The lowest BCUT2D eigenvalue weighted by molar-refractivity contribution is 0.742. The van der Waals surface area contributed by atoms with Gasteiger partial charge in [0, 0.05) is 37.5 Å². The summed E-state index contributed by atoms with van der Waals surface area (Å²) in [4.78, 5) is 29.2. The molecule has 4 heteroatoms. The Morgan fingerprint density at radius 1 is 1.28 bits per heavy atom. The molecule has 0 atom stereocenters. The highest BCUT2D eigenvalue weighted by Gasteiger charge is 2.24. The second kappa shape index (κ2) is 4.72. The zero-order valence-electron chi connectivity index (χ0n) is 10.8. The SMILES string of the molecule is CC(C)N(C)c1c(Cc2cccnc2)c(=O)c1=O. The van der Waals surface area contributed by atoms with Crippen LogP contribution in [0.15, 0.2) is 34.1 Å². The highest BCUT2D eigenvalue weighted by Crippen LogP contribution is 2.18. The van der Waals surface area contributed by atoms with Crippen LogP contribution in [-0.4, -0.2) is 18.1 Å². The van der Waals surface area contributed by atoms with E-state index in [-0.39, 0.29) is 16.9 Å². The van der Waals surface area contributed by atoms with Gasteiger partial charge in [0.1, 0.15) is 0 Å². The number of pyridine rings is 1. The first-order chi connectivity index (χ1) is 8.52. The first-order valence-corrected chi connectivity index (χ1v) is 5.96. The van der Waals surface area contributed by atoms with E-state index in [2.05, 4.69) is 4.98 Å². The minimum atomic E-state index is -0.370. The van der Waals surface area contributed by atoms with Gasteiger partial charge in [-0.15, -0.1) is 0 Å². The van der Waals surface area contributed by atoms with E-state index in [4.69, 9.17) is 0 Å². The molecular formula is C14H16N2O2. The second-order valence-electron chi connectivity index (χ2n) is 4.73. The third kappa shape index (κ3) is 2.06. The van der Waals surface area contributed by atoms with E-state index in [0.717, 1.165) is 5.56 Å². The molecule has 0 N–H and O–H groups in total. The van der Waals surface area contributed by atoms with Crippen LogP contribution in [0.5, 0.6) is 0 Å². The highest BCUT2D eigenvalue weighted by atomic mass is 16.2. The lowest BCUT2D eigenvalue weighted by atomic mass is 9.98. The topological polar surface area (TPSA) is 50.3 Å². The van der Waals surface area contributed by atoms with Gasteiger partial charge >= 0.3 is 0 Å². The summed E-state index contributed by atoms with van der Waals surface area (Å²) >= 11 is 0. The predicted molar refractivity (Wildman–Crippen MR) is 71.9 cm³/mol. The Balaban J connectivity index is 2.33. The van der Waals surface area contributed by atoms with Crippen molar-refractivity contribution in [3.63, 3.8) is 0 Å². The largest absolute Gasteiger partial charge is 0.369 e. The van der Waals surface area contributed by atoms with Crippen molar-refractivity contribution in [1.82, 2.24) is 4.98 Å². The van der Waals surface area contributed by atoms with Crippen molar-refractivity contribution in [2.75, 3.05) is 11.9 Å². The third-order valence-electron chi connectivity index (χ3n) is 3.21.